The number of hydrogen-bond donors (Lipinski definition) is 1. The Bertz CT molecular complexity index is 1880. The first kappa shape index (κ1) is 27.7. The second kappa shape index (κ2) is 10.8. The maximum atomic E-state index is 13.2. The Hall–Kier alpha value is -4.16. The molecule has 0 spiro atoms. The largest absolute Gasteiger partial charge is 0.463 e. The normalized spacial score (nSPS) is 20.4. The molecule has 220 valence electrons. The number of amides is 1. The highest BCUT2D eigenvalue weighted by Crippen LogP contribution is 2.40. The van der Waals surface area contributed by atoms with Gasteiger partial charge in [0.15, 0.2) is 0 Å². The Morgan fingerprint density at radius 3 is 2.47 bits per heavy atom. The fraction of sp³-hybridized carbons (Fsp3) is 0.351. The van der Waals surface area contributed by atoms with Gasteiger partial charge in [-0.2, -0.15) is 0 Å². The first-order valence-electron chi connectivity index (χ1n) is 15.5. The molecule has 43 heavy (non-hydrogen) atoms. The van der Waals surface area contributed by atoms with Crippen LogP contribution in [0.4, 0.5) is 0 Å². The van der Waals surface area contributed by atoms with Crippen LogP contribution < -0.4 is 5.63 Å². The number of benzene rings is 3. The van der Waals surface area contributed by atoms with Crippen LogP contribution in [0.25, 0.3) is 44.2 Å². The molecule has 3 aromatic carbocycles. The van der Waals surface area contributed by atoms with Crippen LogP contribution in [-0.4, -0.2) is 34.6 Å². The lowest BCUT2D eigenvalue weighted by Gasteiger charge is -2.47. The highest BCUT2D eigenvalue weighted by molar-refractivity contribution is 6.05. The average molecular weight is 576 g/mol. The molecule has 2 atom stereocenters. The highest BCUT2D eigenvalue weighted by Gasteiger charge is 2.43. The van der Waals surface area contributed by atoms with E-state index in [1.807, 2.05) is 36.9 Å². The molecule has 1 saturated heterocycles. The van der Waals surface area contributed by atoms with Gasteiger partial charge in [0.1, 0.15) is 11.2 Å². The molecule has 2 aliphatic rings. The fourth-order valence-corrected chi connectivity index (χ4v) is 7.37. The van der Waals surface area contributed by atoms with Crippen molar-refractivity contribution in [1.82, 2.24) is 4.90 Å². The Morgan fingerprint density at radius 1 is 0.930 bits per heavy atom. The molecule has 6 nitrogen and oxygen atoms in total. The topological polar surface area (TPSA) is 83.9 Å². The number of likely N-dealkylation sites (tertiary alicyclic amines) is 1. The van der Waals surface area contributed by atoms with Crippen molar-refractivity contribution >= 4 is 27.8 Å². The zero-order valence-electron chi connectivity index (χ0n) is 24.8. The second-order valence-electron chi connectivity index (χ2n) is 12.5. The summed E-state index contributed by atoms with van der Waals surface area (Å²) in [6.07, 6.45) is 6.94. The van der Waals surface area contributed by atoms with E-state index < -0.39 is 11.2 Å². The number of furan rings is 1. The van der Waals surface area contributed by atoms with Crippen LogP contribution in [0, 0.1) is 19.8 Å². The molecule has 1 N–H and O–H groups in total. The zero-order valence-corrected chi connectivity index (χ0v) is 24.8. The van der Waals surface area contributed by atoms with Gasteiger partial charge in [-0.3, -0.25) is 4.79 Å². The van der Waals surface area contributed by atoms with Crippen molar-refractivity contribution < 1.29 is 18.7 Å². The van der Waals surface area contributed by atoms with Crippen LogP contribution in [0.15, 0.2) is 80.6 Å². The Balaban J connectivity index is 1.17. The predicted octanol–water partition coefficient (Wildman–Crippen LogP) is 7.58. The molecule has 2 fully saturated rings. The zero-order chi connectivity index (χ0) is 29.7. The van der Waals surface area contributed by atoms with Crippen LogP contribution in [0.3, 0.4) is 0 Å². The first-order valence-corrected chi connectivity index (χ1v) is 15.5. The van der Waals surface area contributed by atoms with Crippen molar-refractivity contribution in [3.05, 3.63) is 94.0 Å². The molecular formula is C37H37NO5. The van der Waals surface area contributed by atoms with Crippen molar-refractivity contribution in [2.24, 2.45) is 5.92 Å². The minimum absolute atomic E-state index is 0.0363. The number of aliphatic hydroxyl groups is 1. The van der Waals surface area contributed by atoms with Gasteiger partial charge in [0.25, 0.3) is 0 Å². The van der Waals surface area contributed by atoms with Gasteiger partial charge in [0.05, 0.1) is 11.9 Å². The van der Waals surface area contributed by atoms with Crippen LogP contribution >= 0.6 is 0 Å². The summed E-state index contributed by atoms with van der Waals surface area (Å²) in [5.74, 6) is 0.185. The molecule has 7 rings (SSSR count). The molecule has 6 heteroatoms. The molecular weight excluding hydrogens is 538 g/mol. The maximum absolute atomic E-state index is 13.2. The number of rotatable bonds is 5. The van der Waals surface area contributed by atoms with Crippen molar-refractivity contribution in [3.63, 3.8) is 0 Å². The maximum Gasteiger partial charge on any atom is 0.339 e. The number of piperidine rings is 1. The standard InChI is InChI=1S/C37H37NO5/c1-23-29(15-16-33(39)38-19-18-37(41)17-7-6-10-28(37)21-38)36(40)43-35-24(2)34-31(20-30(23)35)32(22-42-34)27-13-11-26(12-14-27)25-8-4-3-5-9-25/h3-5,8-9,11-14,20,22,28,41H,6-7,10,15-19,21H2,1-2H3. The number of hydrogen-bond acceptors (Lipinski definition) is 5. The molecule has 2 unspecified atom stereocenters. The van der Waals surface area contributed by atoms with E-state index in [1.165, 1.54) is 5.56 Å². The van der Waals surface area contributed by atoms with E-state index in [1.54, 1.807) is 6.26 Å². The predicted molar refractivity (Wildman–Crippen MR) is 169 cm³/mol. The summed E-state index contributed by atoms with van der Waals surface area (Å²) in [5.41, 5.74) is 6.72. The average Bonchev–Trinajstić information content (AvgIpc) is 3.46. The van der Waals surface area contributed by atoms with Crippen molar-refractivity contribution in [3.8, 4) is 22.3 Å². The number of carbonyl (C=O) groups excluding carboxylic acids is 1. The minimum Gasteiger partial charge on any atom is -0.463 e. The molecule has 0 radical (unpaired) electrons. The van der Waals surface area contributed by atoms with Crippen LogP contribution in [0.5, 0.6) is 0 Å². The molecule has 1 aliphatic carbocycles. The lowest BCUT2D eigenvalue weighted by atomic mass is 9.71. The first-order chi connectivity index (χ1) is 20.8. The van der Waals surface area contributed by atoms with Gasteiger partial charge in [0, 0.05) is 52.9 Å². The molecule has 0 bridgehead atoms. The van der Waals surface area contributed by atoms with Gasteiger partial charge < -0.3 is 18.8 Å². The quantitative estimate of drug-likeness (QED) is 0.219. The van der Waals surface area contributed by atoms with Crippen molar-refractivity contribution in [2.75, 3.05) is 13.1 Å². The Morgan fingerprint density at radius 2 is 1.67 bits per heavy atom. The molecule has 2 aromatic heterocycles. The molecule has 1 amide bonds. The van der Waals surface area contributed by atoms with E-state index in [4.69, 9.17) is 8.83 Å². The third-order valence-corrected chi connectivity index (χ3v) is 10.0. The van der Waals surface area contributed by atoms with E-state index in [0.717, 1.165) is 64.3 Å². The van der Waals surface area contributed by atoms with Gasteiger partial charge in [-0.05, 0) is 67.9 Å². The van der Waals surface area contributed by atoms with Crippen LogP contribution in [0.2, 0.25) is 0 Å². The third kappa shape index (κ3) is 4.88. The third-order valence-electron chi connectivity index (χ3n) is 10.0. The second-order valence-corrected chi connectivity index (χ2v) is 12.5. The van der Waals surface area contributed by atoms with Crippen LogP contribution in [-0.2, 0) is 11.2 Å². The van der Waals surface area contributed by atoms with Crippen molar-refractivity contribution in [1.29, 1.82) is 0 Å². The number of fused-ring (bicyclic) bond motifs is 3. The van der Waals surface area contributed by atoms with E-state index in [-0.39, 0.29) is 18.2 Å². The Kier molecular flexibility index (Phi) is 6.97. The summed E-state index contributed by atoms with van der Waals surface area (Å²) in [7, 11) is 0. The van der Waals surface area contributed by atoms with Gasteiger partial charge in [0.2, 0.25) is 5.91 Å². The lowest BCUT2D eigenvalue weighted by Crippen LogP contribution is -2.54. The summed E-state index contributed by atoms with van der Waals surface area (Å²) in [4.78, 5) is 28.3. The van der Waals surface area contributed by atoms with Gasteiger partial charge in [-0.1, -0.05) is 67.4 Å². The number of aryl methyl sites for hydroxylation is 2. The molecule has 3 heterocycles. The van der Waals surface area contributed by atoms with Crippen LogP contribution in [0.1, 0.15) is 55.2 Å². The number of nitrogens with zero attached hydrogens (tertiary/aromatic N) is 1. The summed E-state index contributed by atoms with van der Waals surface area (Å²) in [6, 6.07) is 20.8. The summed E-state index contributed by atoms with van der Waals surface area (Å²) >= 11 is 0. The Labute approximate surface area is 250 Å². The molecule has 5 aromatic rings. The fourth-order valence-electron chi connectivity index (χ4n) is 7.37. The SMILES string of the molecule is Cc1c(CCC(=O)N2CCC3(O)CCCCC3C2)c(=O)oc2c(C)c3occ(-c4ccc(-c5ccccc5)cc4)c3cc12. The highest BCUT2D eigenvalue weighted by atomic mass is 16.4. The minimum atomic E-state index is -0.621. The van der Waals surface area contributed by atoms with E-state index in [2.05, 4.69) is 42.5 Å². The monoisotopic (exact) mass is 575 g/mol. The van der Waals surface area contributed by atoms with Gasteiger partial charge in [-0.15, -0.1) is 0 Å². The van der Waals surface area contributed by atoms with E-state index in [0.29, 0.717) is 42.7 Å². The van der Waals surface area contributed by atoms with Gasteiger partial charge >= 0.3 is 5.63 Å². The molecule has 1 aliphatic heterocycles. The van der Waals surface area contributed by atoms with E-state index in [9.17, 15) is 14.7 Å². The summed E-state index contributed by atoms with van der Waals surface area (Å²) < 4.78 is 11.9. The smallest absolute Gasteiger partial charge is 0.339 e. The number of carbonyl (C=O) groups is 1. The molecule has 1 saturated carbocycles. The lowest BCUT2D eigenvalue weighted by molar-refractivity contribution is -0.143. The summed E-state index contributed by atoms with van der Waals surface area (Å²) in [5, 5.41) is 12.8. The van der Waals surface area contributed by atoms with Crippen molar-refractivity contribution in [2.45, 2.75) is 64.4 Å². The van der Waals surface area contributed by atoms with Gasteiger partial charge in [-0.25, -0.2) is 4.79 Å². The van der Waals surface area contributed by atoms with E-state index >= 15 is 0 Å². The summed E-state index contributed by atoms with van der Waals surface area (Å²) in [6.45, 7) is 5.05.